The largest absolute Gasteiger partial charge is 0.497 e. The number of halogens is 2. The van der Waals surface area contributed by atoms with Gasteiger partial charge in [-0.15, -0.1) is 0 Å². The number of hydrogen-bond acceptors (Lipinski definition) is 2. The third-order valence-corrected chi connectivity index (χ3v) is 3.77. The van der Waals surface area contributed by atoms with Crippen LogP contribution in [0.1, 0.15) is 24.1 Å². The van der Waals surface area contributed by atoms with Crippen molar-refractivity contribution in [2.24, 2.45) is 0 Å². The Bertz CT molecular complexity index is 583. The summed E-state index contributed by atoms with van der Waals surface area (Å²) in [7, 11) is 1.66. The molecule has 0 radical (unpaired) electrons. The molecule has 1 N–H and O–H groups in total. The molecule has 0 heterocycles. The molecule has 0 amide bonds. The molecule has 1 atom stereocenters. The highest BCUT2D eigenvalue weighted by atomic mass is 79.9. The van der Waals surface area contributed by atoms with E-state index in [-0.39, 0.29) is 11.9 Å². The second-order valence-corrected chi connectivity index (χ2v) is 5.78. The second-order valence-electron chi connectivity index (χ2n) is 4.87. The van der Waals surface area contributed by atoms with Gasteiger partial charge >= 0.3 is 0 Å². The van der Waals surface area contributed by atoms with Crippen LogP contribution in [0.15, 0.2) is 46.9 Å². The van der Waals surface area contributed by atoms with Crippen molar-refractivity contribution >= 4 is 15.9 Å². The van der Waals surface area contributed by atoms with E-state index >= 15 is 0 Å². The van der Waals surface area contributed by atoms with E-state index in [1.807, 2.05) is 31.2 Å². The van der Waals surface area contributed by atoms with Crippen LogP contribution in [-0.2, 0) is 6.42 Å². The molecule has 0 saturated heterocycles. The van der Waals surface area contributed by atoms with E-state index in [0.29, 0.717) is 0 Å². The molecule has 21 heavy (non-hydrogen) atoms. The molecule has 0 bridgehead atoms. The van der Waals surface area contributed by atoms with Crippen LogP contribution in [-0.4, -0.2) is 13.7 Å². The van der Waals surface area contributed by atoms with Gasteiger partial charge < -0.3 is 10.1 Å². The van der Waals surface area contributed by atoms with Crippen LogP contribution < -0.4 is 10.1 Å². The molecule has 112 valence electrons. The maximum Gasteiger partial charge on any atom is 0.124 e. The lowest BCUT2D eigenvalue weighted by Gasteiger charge is -2.19. The smallest absolute Gasteiger partial charge is 0.124 e. The normalized spacial score (nSPS) is 12.2. The number of ether oxygens (including phenoxy) is 1. The molecule has 2 aromatic carbocycles. The SMILES string of the molecule is CCNC(Cc1cccc(OC)c1)c1cc(F)cc(Br)c1. The topological polar surface area (TPSA) is 21.3 Å². The van der Waals surface area contributed by atoms with Crippen molar-refractivity contribution in [1.29, 1.82) is 0 Å². The Hall–Kier alpha value is -1.39. The van der Waals surface area contributed by atoms with Gasteiger partial charge in [0.2, 0.25) is 0 Å². The van der Waals surface area contributed by atoms with Crippen LogP contribution in [0.3, 0.4) is 0 Å². The summed E-state index contributed by atoms with van der Waals surface area (Å²) in [4.78, 5) is 0. The molecule has 2 rings (SSSR count). The number of benzene rings is 2. The highest BCUT2D eigenvalue weighted by Gasteiger charge is 2.13. The number of rotatable bonds is 6. The molecule has 1 unspecified atom stereocenters. The van der Waals surface area contributed by atoms with Crippen molar-refractivity contribution in [2.75, 3.05) is 13.7 Å². The maximum atomic E-state index is 13.6. The Morgan fingerprint density at radius 3 is 2.71 bits per heavy atom. The Morgan fingerprint density at radius 1 is 1.24 bits per heavy atom. The van der Waals surface area contributed by atoms with Crippen LogP contribution in [0.25, 0.3) is 0 Å². The molecule has 0 aromatic heterocycles. The van der Waals surface area contributed by atoms with Gasteiger partial charge in [-0.2, -0.15) is 0 Å². The van der Waals surface area contributed by atoms with E-state index in [0.717, 1.165) is 34.3 Å². The average Bonchev–Trinajstić information content (AvgIpc) is 2.46. The Labute approximate surface area is 133 Å². The Morgan fingerprint density at radius 2 is 2.05 bits per heavy atom. The first-order valence-electron chi connectivity index (χ1n) is 6.94. The molecule has 4 heteroatoms. The third kappa shape index (κ3) is 4.55. The lowest BCUT2D eigenvalue weighted by atomic mass is 9.98. The van der Waals surface area contributed by atoms with E-state index in [9.17, 15) is 4.39 Å². The van der Waals surface area contributed by atoms with Crippen LogP contribution in [0.5, 0.6) is 5.75 Å². The first kappa shape index (κ1) is 16.0. The second kappa shape index (κ2) is 7.57. The fourth-order valence-corrected chi connectivity index (χ4v) is 2.85. The van der Waals surface area contributed by atoms with E-state index < -0.39 is 0 Å². The van der Waals surface area contributed by atoms with Crippen LogP contribution in [0.2, 0.25) is 0 Å². The highest BCUT2D eigenvalue weighted by Crippen LogP contribution is 2.24. The first-order valence-corrected chi connectivity index (χ1v) is 7.74. The minimum atomic E-state index is -0.229. The zero-order valence-corrected chi connectivity index (χ0v) is 13.8. The molecule has 2 aromatic rings. The van der Waals surface area contributed by atoms with Gasteiger partial charge in [0, 0.05) is 10.5 Å². The van der Waals surface area contributed by atoms with Crippen LogP contribution in [0.4, 0.5) is 4.39 Å². The summed E-state index contributed by atoms with van der Waals surface area (Å²) in [6, 6.07) is 13.0. The van der Waals surface area contributed by atoms with E-state index in [2.05, 4.69) is 27.3 Å². The molecule has 0 fully saturated rings. The minimum Gasteiger partial charge on any atom is -0.497 e. The van der Waals surface area contributed by atoms with Crippen molar-refractivity contribution in [3.63, 3.8) is 0 Å². The molecule has 0 aliphatic rings. The predicted octanol–water partition coefficient (Wildman–Crippen LogP) is 4.49. The van der Waals surface area contributed by atoms with E-state index in [1.165, 1.54) is 6.07 Å². The number of nitrogens with one attached hydrogen (secondary N) is 1. The Kier molecular flexibility index (Phi) is 5.76. The van der Waals surface area contributed by atoms with Gasteiger partial charge in [0.05, 0.1) is 7.11 Å². The van der Waals surface area contributed by atoms with E-state index in [4.69, 9.17) is 4.74 Å². The molecule has 0 saturated carbocycles. The number of methoxy groups -OCH3 is 1. The zero-order valence-electron chi connectivity index (χ0n) is 12.2. The first-order chi connectivity index (χ1) is 10.1. The minimum absolute atomic E-state index is 0.0640. The summed E-state index contributed by atoms with van der Waals surface area (Å²) >= 11 is 3.35. The Balaban J connectivity index is 2.25. The van der Waals surface area contributed by atoms with Gasteiger partial charge in [-0.05, 0) is 54.4 Å². The quantitative estimate of drug-likeness (QED) is 0.827. The van der Waals surface area contributed by atoms with Crippen molar-refractivity contribution in [3.8, 4) is 5.75 Å². The van der Waals surface area contributed by atoms with Gasteiger partial charge in [0.1, 0.15) is 11.6 Å². The average molecular weight is 352 g/mol. The fraction of sp³-hybridized carbons (Fsp3) is 0.294. The summed E-state index contributed by atoms with van der Waals surface area (Å²) in [5.74, 6) is 0.607. The summed E-state index contributed by atoms with van der Waals surface area (Å²) in [6.45, 7) is 2.87. The van der Waals surface area contributed by atoms with Gasteiger partial charge in [-0.3, -0.25) is 0 Å². The fourth-order valence-electron chi connectivity index (χ4n) is 2.37. The maximum absolute atomic E-state index is 13.6. The highest BCUT2D eigenvalue weighted by molar-refractivity contribution is 9.10. The number of hydrogen-bond donors (Lipinski definition) is 1. The van der Waals surface area contributed by atoms with Crippen molar-refractivity contribution in [1.82, 2.24) is 5.32 Å². The molecular formula is C17H19BrFNO. The molecule has 0 aliphatic carbocycles. The van der Waals surface area contributed by atoms with Gasteiger partial charge in [0.15, 0.2) is 0 Å². The molecule has 0 spiro atoms. The van der Waals surface area contributed by atoms with Crippen molar-refractivity contribution < 1.29 is 9.13 Å². The summed E-state index contributed by atoms with van der Waals surface area (Å²) in [6.07, 6.45) is 0.779. The lowest BCUT2D eigenvalue weighted by Crippen LogP contribution is -2.23. The summed E-state index contributed by atoms with van der Waals surface area (Å²) < 4.78 is 19.6. The molecule has 2 nitrogen and oxygen atoms in total. The third-order valence-electron chi connectivity index (χ3n) is 3.31. The van der Waals surface area contributed by atoms with Gasteiger partial charge in [0.25, 0.3) is 0 Å². The van der Waals surface area contributed by atoms with Crippen LogP contribution >= 0.6 is 15.9 Å². The summed E-state index contributed by atoms with van der Waals surface area (Å²) in [5.41, 5.74) is 2.09. The van der Waals surface area contributed by atoms with E-state index in [1.54, 1.807) is 13.2 Å². The molecule has 0 aliphatic heterocycles. The zero-order chi connectivity index (χ0) is 15.2. The standard InChI is InChI=1S/C17H19BrFNO/c1-3-20-17(13-9-14(18)11-15(19)10-13)8-12-5-4-6-16(7-12)21-2/h4-7,9-11,17,20H,3,8H2,1-2H3. The van der Waals surface area contributed by atoms with Crippen molar-refractivity contribution in [2.45, 2.75) is 19.4 Å². The lowest BCUT2D eigenvalue weighted by molar-refractivity contribution is 0.414. The summed E-state index contributed by atoms with van der Waals surface area (Å²) in [5, 5.41) is 3.41. The predicted molar refractivity (Wildman–Crippen MR) is 87.2 cm³/mol. The number of likely N-dealkylation sites (N-methyl/N-ethyl adjacent to an activating group) is 1. The molecular weight excluding hydrogens is 333 g/mol. The van der Waals surface area contributed by atoms with Gasteiger partial charge in [-0.25, -0.2) is 4.39 Å². The van der Waals surface area contributed by atoms with Gasteiger partial charge in [-0.1, -0.05) is 35.0 Å². The van der Waals surface area contributed by atoms with Crippen molar-refractivity contribution in [3.05, 3.63) is 63.9 Å². The monoisotopic (exact) mass is 351 g/mol. The van der Waals surface area contributed by atoms with Crippen LogP contribution in [0, 0.1) is 5.82 Å².